The van der Waals surface area contributed by atoms with E-state index in [1.54, 1.807) is 12.1 Å². The first-order valence-electron chi connectivity index (χ1n) is 9.28. The Bertz CT molecular complexity index is 562. The number of halogens is 1. The van der Waals surface area contributed by atoms with Crippen LogP contribution >= 0.6 is 0 Å². The Hall–Kier alpha value is -1.66. The van der Waals surface area contributed by atoms with Gasteiger partial charge in [-0.1, -0.05) is 39.8 Å². The molecule has 0 aromatic heterocycles. The van der Waals surface area contributed by atoms with Crippen molar-refractivity contribution in [2.45, 2.75) is 46.1 Å². The van der Waals surface area contributed by atoms with Gasteiger partial charge in [-0.05, 0) is 30.5 Å². The molecule has 1 unspecified atom stereocenters. The molecule has 0 aliphatic rings. The molecule has 0 saturated carbocycles. The van der Waals surface area contributed by atoms with Crippen molar-refractivity contribution in [2.24, 2.45) is 10.9 Å². The summed E-state index contributed by atoms with van der Waals surface area (Å²) in [4.78, 5) is 4.59. The van der Waals surface area contributed by atoms with Gasteiger partial charge < -0.3 is 20.5 Å². The Labute approximate surface area is 157 Å². The van der Waals surface area contributed by atoms with Crippen LogP contribution in [0.4, 0.5) is 4.39 Å². The van der Waals surface area contributed by atoms with Crippen LogP contribution < -0.4 is 10.6 Å². The van der Waals surface area contributed by atoms with E-state index in [1.165, 1.54) is 6.07 Å². The lowest BCUT2D eigenvalue weighted by molar-refractivity contribution is 0.0280. The summed E-state index contributed by atoms with van der Waals surface area (Å²) in [7, 11) is 0. The maximum absolute atomic E-state index is 13.5. The van der Waals surface area contributed by atoms with Crippen LogP contribution in [0.2, 0.25) is 0 Å². The summed E-state index contributed by atoms with van der Waals surface area (Å²) in [6, 6.07) is 6.62. The number of guanidine groups is 1. The number of aliphatic hydroxyl groups is 1. The normalized spacial score (nSPS) is 13.8. The van der Waals surface area contributed by atoms with Crippen molar-refractivity contribution in [1.82, 2.24) is 10.6 Å². The first-order chi connectivity index (χ1) is 12.2. The van der Waals surface area contributed by atoms with Crippen LogP contribution in [-0.4, -0.2) is 50.0 Å². The first-order valence-corrected chi connectivity index (χ1v) is 9.28. The molecule has 0 spiro atoms. The summed E-state index contributed by atoms with van der Waals surface area (Å²) in [5, 5.41) is 16.3. The molecular formula is C20H34FN3O2. The molecule has 0 amide bonds. The average Bonchev–Trinajstić information content (AvgIpc) is 2.57. The van der Waals surface area contributed by atoms with Gasteiger partial charge in [0, 0.05) is 25.1 Å². The fourth-order valence-corrected chi connectivity index (χ4v) is 2.33. The molecule has 0 radical (unpaired) electrons. The van der Waals surface area contributed by atoms with Gasteiger partial charge in [0.1, 0.15) is 5.82 Å². The molecule has 0 heterocycles. The van der Waals surface area contributed by atoms with Gasteiger partial charge in [-0.2, -0.15) is 0 Å². The summed E-state index contributed by atoms with van der Waals surface area (Å²) in [6.07, 6.45) is -0.603. The maximum atomic E-state index is 13.5. The largest absolute Gasteiger partial charge is 0.389 e. The second kappa shape index (κ2) is 11.1. The Morgan fingerprint density at radius 3 is 2.62 bits per heavy atom. The monoisotopic (exact) mass is 367 g/mol. The van der Waals surface area contributed by atoms with E-state index in [9.17, 15) is 9.50 Å². The quantitative estimate of drug-likeness (QED) is 0.439. The number of ether oxygens (including phenoxy) is 1. The lowest BCUT2D eigenvalue weighted by atomic mass is 9.85. The lowest BCUT2D eigenvalue weighted by Gasteiger charge is -2.24. The SMILES string of the molecule is CCNC(=NCC(C)(C)c1cccc(F)c1)NCC(O)COCC(C)C. The second-order valence-electron chi connectivity index (χ2n) is 7.56. The molecule has 0 bridgehead atoms. The third-order valence-corrected chi connectivity index (χ3v) is 3.85. The van der Waals surface area contributed by atoms with Crippen LogP contribution in [-0.2, 0) is 10.2 Å². The van der Waals surface area contributed by atoms with Crippen LogP contribution in [0, 0.1) is 11.7 Å². The number of rotatable bonds is 10. The Morgan fingerprint density at radius 2 is 2.00 bits per heavy atom. The number of hydrogen-bond acceptors (Lipinski definition) is 3. The average molecular weight is 368 g/mol. The molecule has 0 fully saturated rings. The van der Waals surface area contributed by atoms with Gasteiger partial charge in [0.05, 0.1) is 19.3 Å². The van der Waals surface area contributed by atoms with Crippen LogP contribution in [0.5, 0.6) is 0 Å². The smallest absolute Gasteiger partial charge is 0.191 e. The zero-order valence-corrected chi connectivity index (χ0v) is 16.7. The van der Waals surface area contributed by atoms with Crippen molar-refractivity contribution >= 4 is 5.96 Å². The minimum atomic E-state index is -0.603. The highest BCUT2D eigenvalue weighted by Gasteiger charge is 2.21. The predicted octanol–water partition coefficient (Wildman–Crippen LogP) is 2.69. The fourth-order valence-electron chi connectivity index (χ4n) is 2.33. The molecule has 0 saturated heterocycles. The highest BCUT2D eigenvalue weighted by atomic mass is 19.1. The standard InChI is InChI=1S/C20H34FN3O2/c1-6-22-19(23-11-18(25)13-26-12-15(2)3)24-14-20(4,5)16-8-7-9-17(21)10-16/h7-10,15,18,25H,6,11-14H2,1-5H3,(H2,22,23,24). The topological polar surface area (TPSA) is 65.9 Å². The second-order valence-corrected chi connectivity index (χ2v) is 7.56. The van der Waals surface area contributed by atoms with Gasteiger partial charge >= 0.3 is 0 Å². The van der Waals surface area contributed by atoms with Crippen LogP contribution in [0.25, 0.3) is 0 Å². The van der Waals surface area contributed by atoms with E-state index in [0.29, 0.717) is 44.7 Å². The van der Waals surface area contributed by atoms with Crippen LogP contribution in [0.3, 0.4) is 0 Å². The molecule has 0 aliphatic carbocycles. The van der Waals surface area contributed by atoms with E-state index in [4.69, 9.17) is 4.74 Å². The lowest BCUT2D eigenvalue weighted by Crippen LogP contribution is -2.43. The Kier molecular flexibility index (Phi) is 9.59. The van der Waals surface area contributed by atoms with E-state index >= 15 is 0 Å². The van der Waals surface area contributed by atoms with Crippen LogP contribution in [0.15, 0.2) is 29.3 Å². The zero-order valence-electron chi connectivity index (χ0n) is 16.7. The first kappa shape index (κ1) is 22.4. The van der Waals surface area contributed by atoms with Gasteiger partial charge in [0.25, 0.3) is 0 Å². The number of hydrogen-bond donors (Lipinski definition) is 3. The van der Waals surface area contributed by atoms with Gasteiger partial charge in [-0.25, -0.2) is 4.39 Å². The number of nitrogens with zero attached hydrogens (tertiary/aromatic N) is 1. The van der Waals surface area contributed by atoms with Gasteiger partial charge in [0.15, 0.2) is 5.96 Å². The molecule has 1 aromatic rings. The van der Waals surface area contributed by atoms with Crippen molar-refractivity contribution in [2.75, 3.05) is 32.8 Å². The zero-order chi connectivity index (χ0) is 19.6. The third kappa shape index (κ3) is 8.63. The van der Waals surface area contributed by atoms with E-state index in [2.05, 4.69) is 29.5 Å². The number of aliphatic imine (C=N–C) groups is 1. The molecule has 1 atom stereocenters. The third-order valence-electron chi connectivity index (χ3n) is 3.85. The summed E-state index contributed by atoms with van der Waals surface area (Å²) >= 11 is 0. The van der Waals surface area contributed by atoms with E-state index < -0.39 is 6.10 Å². The molecule has 1 rings (SSSR count). The summed E-state index contributed by atoms with van der Waals surface area (Å²) in [5.74, 6) is 0.827. The molecular weight excluding hydrogens is 333 g/mol. The number of aliphatic hydroxyl groups excluding tert-OH is 1. The van der Waals surface area contributed by atoms with Crippen molar-refractivity contribution in [3.63, 3.8) is 0 Å². The summed E-state index contributed by atoms with van der Waals surface area (Å²) in [6.45, 7) is 12.7. The molecule has 148 valence electrons. The molecule has 1 aromatic carbocycles. The summed E-state index contributed by atoms with van der Waals surface area (Å²) < 4.78 is 18.9. The maximum Gasteiger partial charge on any atom is 0.191 e. The molecule has 0 aliphatic heterocycles. The van der Waals surface area contributed by atoms with Crippen molar-refractivity contribution in [1.29, 1.82) is 0 Å². The molecule has 3 N–H and O–H groups in total. The van der Waals surface area contributed by atoms with E-state index in [1.807, 2.05) is 26.8 Å². The number of benzene rings is 1. The van der Waals surface area contributed by atoms with Crippen molar-refractivity contribution in [3.8, 4) is 0 Å². The molecule has 26 heavy (non-hydrogen) atoms. The van der Waals surface area contributed by atoms with Crippen molar-refractivity contribution in [3.05, 3.63) is 35.6 Å². The minimum absolute atomic E-state index is 0.242. The highest BCUT2D eigenvalue weighted by molar-refractivity contribution is 5.79. The number of nitrogens with one attached hydrogen (secondary N) is 2. The molecule has 5 nitrogen and oxygen atoms in total. The molecule has 6 heteroatoms. The minimum Gasteiger partial charge on any atom is -0.389 e. The van der Waals surface area contributed by atoms with Crippen molar-refractivity contribution < 1.29 is 14.2 Å². The predicted molar refractivity (Wildman–Crippen MR) is 105 cm³/mol. The van der Waals surface area contributed by atoms with Gasteiger partial charge in [-0.15, -0.1) is 0 Å². The summed E-state index contributed by atoms with van der Waals surface area (Å²) in [5.41, 5.74) is 0.600. The van der Waals surface area contributed by atoms with Crippen LogP contribution in [0.1, 0.15) is 40.2 Å². The highest BCUT2D eigenvalue weighted by Crippen LogP contribution is 2.24. The Morgan fingerprint density at radius 1 is 1.27 bits per heavy atom. The van der Waals surface area contributed by atoms with Gasteiger partial charge in [-0.3, -0.25) is 4.99 Å². The fraction of sp³-hybridized carbons (Fsp3) is 0.650. The Balaban J connectivity index is 2.59. The van der Waals surface area contributed by atoms with E-state index in [0.717, 1.165) is 5.56 Å². The van der Waals surface area contributed by atoms with E-state index in [-0.39, 0.29) is 11.2 Å². The van der Waals surface area contributed by atoms with Gasteiger partial charge in [0.2, 0.25) is 0 Å².